The van der Waals surface area contributed by atoms with E-state index in [0.29, 0.717) is 0 Å². The van der Waals surface area contributed by atoms with Crippen LogP contribution in [0.5, 0.6) is 0 Å². The van der Waals surface area contributed by atoms with E-state index in [1.54, 1.807) is 6.20 Å². The molecule has 5 rings (SSSR count). The molecule has 1 saturated heterocycles. The monoisotopic (exact) mass is 357 g/mol. The summed E-state index contributed by atoms with van der Waals surface area (Å²) in [4.78, 5) is 17.7. The first-order chi connectivity index (χ1) is 13.3. The number of aromatic nitrogens is 1. The Morgan fingerprint density at radius 2 is 1.89 bits per heavy atom. The lowest BCUT2D eigenvalue weighted by Crippen LogP contribution is -2.38. The molecule has 2 aliphatic rings. The molecule has 0 saturated carbocycles. The minimum Gasteiger partial charge on any atom is -0.325 e. The molecule has 1 aliphatic heterocycles. The van der Waals surface area contributed by atoms with Crippen molar-refractivity contribution in [3.05, 3.63) is 71.9 Å². The Bertz CT molecular complexity index is 1000. The molecule has 2 heterocycles. The van der Waals surface area contributed by atoms with Gasteiger partial charge in [-0.15, -0.1) is 0 Å². The van der Waals surface area contributed by atoms with Crippen molar-refractivity contribution in [1.82, 2.24) is 10.3 Å². The van der Waals surface area contributed by atoms with Crippen molar-refractivity contribution in [2.24, 2.45) is 0 Å². The molecule has 3 aromatic rings. The number of nitrogens with one attached hydrogen (secondary N) is 2. The number of piperidine rings is 1. The third kappa shape index (κ3) is 2.72. The van der Waals surface area contributed by atoms with Gasteiger partial charge in [0, 0.05) is 11.6 Å². The van der Waals surface area contributed by atoms with Crippen LogP contribution in [-0.4, -0.2) is 24.0 Å². The molecule has 0 radical (unpaired) electrons. The van der Waals surface area contributed by atoms with Crippen LogP contribution in [0.2, 0.25) is 0 Å². The average Bonchev–Trinajstić information content (AvgIpc) is 3.03. The molecule has 1 unspecified atom stereocenters. The Balaban J connectivity index is 1.48. The highest BCUT2D eigenvalue weighted by Crippen LogP contribution is 2.51. The zero-order chi connectivity index (χ0) is 18.3. The van der Waals surface area contributed by atoms with E-state index in [9.17, 15) is 4.79 Å². The Hall–Kier alpha value is -2.72. The summed E-state index contributed by atoms with van der Waals surface area (Å²) >= 11 is 0. The lowest BCUT2D eigenvalue weighted by molar-refractivity contribution is -0.117. The van der Waals surface area contributed by atoms with Gasteiger partial charge in [0.25, 0.3) is 0 Å². The molecule has 1 atom stereocenters. The number of rotatable bonds is 2. The van der Waals surface area contributed by atoms with Crippen LogP contribution in [0.1, 0.15) is 36.3 Å². The molecule has 1 aliphatic carbocycles. The molecule has 1 aromatic heterocycles. The van der Waals surface area contributed by atoms with Crippen LogP contribution in [0.4, 0.5) is 5.69 Å². The van der Waals surface area contributed by atoms with E-state index in [1.807, 2.05) is 30.3 Å². The SMILES string of the molecule is O=C(Nc1cccc2ncccc12)C1CC2(CCNCC2)c2ccccc21. The van der Waals surface area contributed by atoms with Crippen LogP contribution in [-0.2, 0) is 10.2 Å². The van der Waals surface area contributed by atoms with E-state index in [1.165, 1.54) is 11.1 Å². The Labute approximate surface area is 159 Å². The number of hydrogen-bond donors (Lipinski definition) is 2. The van der Waals surface area contributed by atoms with Crippen LogP contribution >= 0.6 is 0 Å². The molecule has 4 nitrogen and oxygen atoms in total. The average molecular weight is 357 g/mol. The first kappa shape index (κ1) is 16.5. The largest absolute Gasteiger partial charge is 0.325 e. The van der Waals surface area contributed by atoms with Gasteiger partial charge in [0.2, 0.25) is 5.91 Å². The van der Waals surface area contributed by atoms with E-state index in [-0.39, 0.29) is 17.2 Å². The smallest absolute Gasteiger partial charge is 0.231 e. The normalized spacial score (nSPS) is 20.5. The van der Waals surface area contributed by atoms with Crippen molar-refractivity contribution in [3.8, 4) is 0 Å². The molecule has 136 valence electrons. The molecule has 27 heavy (non-hydrogen) atoms. The van der Waals surface area contributed by atoms with E-state index in [0.717, 1.165) is 48.9 Å². The topological polar surface area (TPSA) is 54.0 Å². The lowest BCUT2D eigenvalue weighted by Gasteiger charge is -2.35. The van der Waals surface area contributed by atoms with Crippen molar-refractivity contribution in [1.29, 1.82) is 0 Å². The summed E-state index contributed by atoms with van der Waals surface area (Å²) < 4.78 is 0. The fraction of sp³-hybridized carbons (Fsp3) is 0.304. The van der Waals surface area contributed by atoms with Crippen molar-refractivity contribution in [2.45, 2.75) is 30.6 Å². The molecule has 1 fully saturated rings. The van der Waals surface area contributed by atoms with Crippen molar-refractivity contribution in [2.75, 3.05) is 18.4 Å². The number of carbonyl (C=O) groups is 1. The summed E-state index contributed by atoms with van der Waals surface area (Å²) in [5.41, 5.74) is 4.47. The van der Waals surface area contributed by atoms with Crippen molar-refractivity contribution in [3.63, 3.8) is 0 Å². The summed E-state index contributed by atoms with van der Waals surface area (Å²) in [5.74, 6) is 0.000406. The van der Waals surface area contributed by atoms with Crippen LogP contribution in [0.3, 0.4) is 0 Å². The lowest BCUT2D eigenvalue weighted by atomic mass is 9.74. The van der Waals surface area contributed by atoms with Crippen LogP contribution in [0.15, 0.2) is 60.8 Å². The number of hydrogen-bond acceptors (Lipinski definition) is 3. The quantitative estimate of drug-likeness (QED) is 0.729. The predicted molar refractivity (Wildman–Crippen MR) is 108 cm³/mol. The van der Waals surface area contributed by atoms with E-state index in [4.69, 9.17) is 0 Å². The van der Waals surface area contributed by atoms with Gasteiger partial charge in [0.15, 0.2) is 0 Å². The maximum atomic E-state index is 13.3. The first-order valence-electron chi connectivity index (χ1n) is 9.72. The van der Waals surface area contributed by atoms with Gasteiger partial charge in [0.05, 0.1) is 17.1 Å². The second kappa shape index (κ2) is 6.46. The predicted octanol–water partition coefficient (Wildman–Crippen LogP) is 3.98. The molecular formula is C23H23N3O. The van der Waals surface area contributed by atoms with Crippen LogP contribution in [0.25, 0.3) is 10.9 Å². The maximum absolute atomic E-state index is 13.3. The zero-order valence-electron chi connectivity index (χ0n) is 15.2. The van der Waals surface area contributed by atoms with E-state index in [2.05, 4.69) is 39.9 Å². The highest BCUT2D eigenvalue weighted by Gasteiger charge is 2.46. The summed E-state index contributed by atoms with van der Waals surface area (Å²) in [6.07, 6.45) is 4.89. The van der Waals surface area contributed by atoms with Crippen LogP contribution < -0.4 is 10.6 Å². The summed E-state index contributed by atoms with van der Waals surface area (Å²) in [6.45, 7) is 2.05. The maximum Gasteiger partial charge on any atom is 0.231 e. The zero-order valence-corrected chi connectivity index (χ0v) is 15.2. The van der Waals surface area contributed by atoms with Gasteiger partial charge >= 0.3 is 0 Å². The minimum absolute atomic E-state index is 0.0915. The fourth-order valence-electron chi connectivity index (χ4n) is 4.94. The number of benzene rings is 2. The van der Waals surface area contributed by atoms with Gasteiger partial charge in [-0.25, -0.2) is 0 Å². The Kier molecular flexibility index (Phi) is 3.94. The minimum atomic E-state index is -0.0915. The summed E-state index contributed by atoms with van der Waals surface area (Å²) in [5, 5.41) is 7.64. The molecule has 2 aromatic carbocycles. The van der Waals surface area contributed by atoms with Gasteiger partial charge in [-0.3, -0.25) is 9.78 Å². The number of amides is 1. The summed E-state index contributed by atoms with van der Waals surface area (Å²) in [6, 6.07) is 18.3. The second-order valence-corrected chi connectivity index (χ2v) is 7.74. The van der Waals surface area contributed by atoms with Gasteiger partial charge in [-0.1, -0.05) is 30.3 Å². The van der Waals surface area contributed by atoms with E-state index >= 15 is 0 Å². The summed E-state index contributed by atoms with van der Waals surface area (Å²) in [7, 11) is 0. The number of fused-ring (bicyclic) bond motifs is 3. The third-order valence-electron chi connectivity index (χ3n) is 6.28. The molecule has 2 N–H and O–H groups in total. The van der Waals surface area contributed by atoms with Gasteiger partial charge in [-0.2, -0.15) is 0 Å². The second-order valence-electron chi connectivity index (χ2n) is 7.74. The molecular weight excluding hydrogens is 334 g/mol. The fourth-order valence-corrected chi connectivity index (χ4v) is 4.94. The number of carbonyl (C=O) groups excluding carboxylic acids is 1. The Morgan fingerprint density at radius 3 is 2.78 bits per heavy atom. The third-order valence-corrected chi connectivity index (χ3v) is 6.28. The number of anilines is 1. The highest BCUT2D eigenvalue weighted by molar-refractivity contribution is 6.03. The Morgan fingerprint density at radius 1 is 1.04 bits per heavy atom. The molecule has 1 spiro atoms. The van der Waals surface area contributed by atoms with Gasteiger partial charge in [-0.05, 0) is 73.2 Å². The van der Waals surface area contributed by atoms with Crippen molar-refractivity contribution < 1.29 is 4.79 Å². The molecule has 1 amide bonds. The number of nitrogens with zero attached hydrogens (tertiary/aromatic N) is 1. The highest BCUT2D eigenvalue weighted by atomic mass is 16.1. The van der Waals surface area contributed by atoms with Crippen LogP contribution in [0, 0.1) is 0 Å². The van der Waals surface area contributed by atoms with Crippen molar-refractivity contribution >= 4 is 22.5 Å². The molecule has 0 bridgehead atoms. The molecule has 4 heteroatoms. The first-order valence-corrected chi connectivity index (χ1v) is 9.72. The van der Waals surface area contributed by atoms with Gasteiger partial charge in [0.1, 0.15) is 0 Å². The standard InChI is InChI=1S/C23H23N3O/c27-22(26-21-9-3-8-20-17(21)6-4-12-25-20)18-15-23(10-13-24-14-11-23)19-7-2-1-5-16(18)19/h1-9,12,18,24H,10-11,13-15H2,(H,26,27). The van der Waals surface area contributed by atoms with Gasteiger partial charge < -0.3 is 10.6 Å². The van der Waals surface area contributed by atoms with E-state index < -0.39 is 0 Å². The number of pyridine rings is 1.